The average molecular weight is 345 g/mol. The van der Waals surface area contributed by atoms with Crippen LogP contribution in [-0.2, 0) is 4.79 Å². The van der Waals surface area contributed by atoms with Crippen molar-refractivity contribution in [3.05, 3.63) is 29.3 Å². The Morgan fingerprint density at radius 2 is 1.92 bits per heavy atom. The van der Waals surface area contributed by atoms with E-state index in [1.54, 1.807) is 0 Å². The molecular weight excluding hydrogens is 314 g/mol. The molecule has 5 nitrogen and oxygen atoms in total. The van der Waals surface area contributed by atoms with Gasteiger partial charge in [0.05, 0.1) is 0 Å². The fraction of sp³-hybridized carbons (Fsp3) is 0.650. The monoisotopic (exact) mass is 345 g/mol. The first kappa shape index (κ1) is 18.2. The van der Waals surface area contributed by atoms with Gasteiger partial charge in [-0.1, -0.05) is 6.07 Å². The molecule has 0 radical (unpaired) electrons. The Hall–Kier alpha value is -1.59. The Balaban J connectivity index is 1.40. The zero-order valence-corrected chi connectivity index (χ0v) is 15.8. The zero-order chi connectivity index (χ0) is 17.8. The Labute approximate surface area is 151 Å². The average Bonchev–Trinajstić information content (AvgIpc) is 3.05. The standard InChI is InChI=1S/C20H31N3O2/c1-15-4-5-19(12-16(15)2)25-14-20(24)21-17-6-11-23(13-17)18-7-9-22(3)10-8-18/h4-5,12,17-18H,6-11,13-14H2,1-3H3,(H,21,24)/t17-/m0/s1. The zero-order valence-electron chi connectivity index (χ0n) is 15.8. The third kappa shape index (κ3) is 4.95. The molecule has 138 valence electrons. The summed E-state index contributed by atoms with van der Waals surface area (Å²) < 4.78 is 5.64. The van der Waals surface area contributed by atoms with Crippen LogP contribution in [0, 0.1) is 13.8 Å². The number of carbonyl (C=O) groups excluding carboxylic acids is 1. The fourth-order valence-corrected chi connectivity index (χ4v) is 3.82. The Kier molecular flexibility index (Phi) is 5.97. The molecule has 2 aliphatic rings. The van der Waals surface area contributed by atoms with Crippen molar-refractivity contribution in [2.75, 3.05) is 39.8 Å². The number of piperidine rings is 1. The number of amides is 1. The lowest BCUT2D eigenvalue weighted by molar-refractivity contribution is -0.123. The van der Waals surface area contributed by atoms with Crippen molar-refractivity contribution in [3.63, 3.8) is 0 Å². The van der Waals surface area contributed by atoms with Gasteiger partial charge in [0.25, 0.3) is 5.91 Å². The van der Waals surface area contributed by atoms with Crippen LogP contribution in [0.3, 0.4) is 0 Å². The molecule has 1 amide bonds. The third-order valence-corrected chi connectivity index (χ3v) is 5.64. The van der Waals surface area contributed by atoms with Gasteiger partial charge in [-0.3, -0.25) is 9.69 Å². The maximum absolute atomic E-state index is 12.2. The van der Waals surface area contributed by atoms with E-state index in [1.807, 2.05) is 18.2 Å². The van der Waals surface area contributed by atoms with Crippen molar-refractivity contribution in [1.82, 2.24) is 15.1 Å². The number of hydrogen-bond acceptors (Lipinski definition) is 4. The summed E-state index contributed by atoms with van der Waals surface area (Å²) in [4.78, 5) is 17.1. The Morgan fingerprint density at radius 3 is 2.64 bits per heavy atom. The highest BCUT2D eigenvalue weighted by Crippen LogP contribution is 2.21. The van der Waals surface area contributed by atoms with E-state index < -0.39 is 0 Å². The minimum absolute atomic E-state index is 0.0199. The van der Waals surface area contributed by atoms with Gasteiger partial charge in [-0.2, -0.15) is 0 Å². The SMILES string of the molecule is Cc1ccc(OCC(=O)N[C@H]2CCN(C3CCN(C)CC3)C2)cc1C. The van der Waals surface area contributed by atoms with Crippen LogP contribution in [0.5, 0.6) is 5.75 Å². The summed E-state index contributed by atoms with van der Waals surface area (Å²) in [5, 5.41) is 3.14. The number of benzene rings is 1. The molecule has 3 rings (SSSR count). The number of likely N-dealkylation sites (tertiary alicyclic amines) is 2. The molecule has 2 saturated heterocycles. The molecule has 1 N–H and O–H groups in total. The normalized spacial score (nSPS) is 22.9. The molecule has 1 atom stereocenters. The highest BCUT2D eigenvalue weighted by atomic mass is 16.5. The van der Waals surface area contributed by atoms with Crippen LogP contribution in [-0.4, -0.2) is 67.6 Å². The third-order valence-electron chi connectivity index (χ3n) is 5.64. The molecule has 0 spiro atoms. The summed E-state index contributed by atoms with van der Waals surface area (Å²) in [6.07, 6.45) is 3.53. The van der Waals surface area contributed by atoms with Gasteiger partial charge in [0.15, 0.2) is 6.61 Å². The van der Waals surface area contributed by atoms with Crippen LogP contribution in [0.15, 0.2) is 18.2 Å². The molecule has 0 bridgehead atoms. The van der Waals surface area contributed by atoms with E-state index in [1.165, 1.54) is 37.1 Å². The van der Waals surface area contributed by atoms with Crippen molar-refractivity contribution in [1.29, 1.82) is 0 Å². The van der Waals surface area contributed by atoms with Crippen molar-refractivity contribution in [2.45, 2.75) is 45.2 Å². The highest BCUT2D eigenvalue weighted by Gasteiger charge is 2.30. The molecule has 1 aromatic rings. The van der Waals surface area contributed by atoms with E-state index in [9.17, 15) is 4.79 Å². The summed E-state index contributed by atoms with van der Waals surface area (Å²) in [6.45, 7) is 8.65. The molecule has 0 saturated carbocycles. The largest absolute Gasteiger partial charge is 0.484 e. The quantitative estimate of drug-likeness (QED) is 0.886. The van der Waals surface area contributed by atoms with E-state index in [0.29, 0.717) is 6.04 Å². The number of rotatable bonds is 5. The lowest BCUT2D eigenvalue weighted by Gasteiger charge is -2.35. The number of nitrogens with zero attached hydrogens (tertiary/aromatic N) is 2. The van der Waals surface area contributed by atoms with Crippen LogP contribution in [0.25, 0.3) is 0 Å². The van der Waals surface area contributed by atoms with Gasteiger partial charge in [-0.25, -0.2) is 0 Å². The lowest BCUT2D eigenvalue weighted by Crippen LogP contribution is -2.45. The Bertz CT molecular complexity index is 597. The first-order chi connectivity index (χ1) is 12.0. The van der Waals surface area contributed by atoms with E-state index >= 15 is 0 Å². The second kappa shape index (κ2) is 8.19. The molecule has 0 unspecified atom stereocenters. The second-order valence-electron chi connectivity index (χ2n) is 7.62. The molecule has 2 fully saturated rings. The lowest BCUT2D eigenvalue weighted by atomic mass is 10.0. The smallest absolute Gasteiger partial charge is 0.258 e. The molecule has 25 heavy (non-hydrogen) atoms. The van der Waals surface area contributed by atoms with Crippen LogP contribution in [0.1, 0.15) is 30.4 Å². The van der Waals surface area contributed by atoms with Gasteiger partial charge in [0, 0.05) is 25.2 Å². The van der Waals surface area contributed by atoms with Gasteiger partial charge in [-0.15, -0.1) is 0 Å². The predicted octanol–water partition coefficient (Wildman–Crippen LogP) is 1.97. The number of aryl methyl sites for hydroxylation is 2. The highest BCUT2D eigenvalue weighted by molar-refractivity contribution is 5.77. The molecule has 0 aromatic heterocycles. The summed E-state index contributed by atoms with van der Waals surface area (Å²) in [6, 6.07) is 6.88. The fourth-order valence-electron chi connectivity index (χ4n) is 3.82. The first-order valence-corrected chi connectivity index (χ1v) is 9.43. The predicted molar refractivity (Wildman–Crippen MR) is 100 cm³/mol. The van der Waals surface area contributed by atoms with E-state index in [-0.39, 0.29) is 18.6 Å². The van der Waals surface area contributed by atoms with Crippen LogP contribution in [0.4, 0.5) is 0 Å². The van der Waals surface area contributed by atoms with Gasteiger partial charge >= 0.3 is 0 Å². The van der Waals surface area contributed by atoms with Crippen molar-refractivity contribution in [3.8, 4) is 5.75 Å². The minimum atomic E-state index is -0.0199. The minimum Gasteiger partial charge on any atom is -0.484 e. The molecular formula is C20H31N3O2. The van der Waals surface area contributed by atoms with E-state index in [2.05, 4.69) is 36.0 Å². The van der Waals surface area contributed by atoms with Gasteiger partial charge in [-0.05, 0) is 76.5 Å². The summed E-state index contributed by atoms with van der Waals surface area (Å²) >= 11 is 0. The molecule has 2 heterocycles. The topological polar surface area (TPSA) is 44.8 Å². The maximum atomic E-state index is 12.2. The van der Waals surface area contributed by atoms with Crippen LogP contribution < -0.4 is 10.1 Å². The summed E-state index contributed by atoms with van der Waals surface area (Å²) in [7, 11) is 2.19. The van der Waals surface area contributed by atoms with Gasteiger partial charge < -0.3 is 15.0 Å². The number of ether oxygens (including phenoxy) is 1. The molecule has 5 heteroatoms. The summed E-state index contributed by atoms with van der Waals surface area (Å²) in [5.74, 6) is 0.742. The Morgan fingerprint density at radius 1 is 1.16 bits per heavy atom. The second-order valence-corrected chi connectivity index (χ2v) is 7.62. The van der Waals surface area contributed by atoms with Crippen molar-refractivity contribution < 1.29 is 9.53 Å². The number of carbonyl (C=O) groups is 1. The van der Waals surface area contributed by atoms with Crippen LogP contribution in [0.2, 0.25) is 0 Å². The number of hydrogen-bond donors (Lipinski definition) is 1. The maximum Gasteiger partial charge on any atom is 0.258 e. The summed E-state index contributed by atoms with van der Waals surface area (Å²) in [5.41, 5.74) is 2.42. The number of nitrogens with one attached hydrogen (secondary N) is 1. The van der Waals surface area contributed by atoms with E-state index in [0.717, 1.165) is 25.3 Å². The van der Waals surface area contributed by atoms with Crippen LogP contribution >= 0.6 is 0 Å². The first-order valence-electron chi connectivity index (χ1n) is 9.43. The van der Waals surface area contributed by atoms with Crippen molar-refractivity contribution in [2.24, 2.45) is 0 Å². The molecule has 0 aliphatic carbocycles. The van der Waals surface area contributed by atoms with Gasteiger partial charge in [0.2, 0.25) is 0 Å². The molecule has 1 aromatic carbocycles. The van der Waals surface area contributed by atoms with Gasteiger partial charge in [0.1, 0.15) is 5.75 Å². The van der Waals surface area contributed by atoms with E-state index in [4.69, 9.17) is 4.74 Å². The molecule has 2 aliphatic heterocycles. The van der Waals surface area contributed by atoms with Crippen molar-refractivity contribution >= 4 is 5.91 Å².